The number of carboxylic acids is 1. The molecule has 0 spiro atoms. The molecule has 1 aromatic rings. The fourth-order valence-corrected chi connectivity index (χ4v) is 2.43. The first-order chi connectivity index (χ1) is 10.1. The summed E-state index contributed by atoms with van der Waals surface area (Å²) in [5.74, 6) is -1.12. The molecule has 0 saturated carbocycles. The minimum atomic E-state index is -0.949. The van der Waals surface area contributed by atoms with E-state index in [1.54, 1.807) is 12.1 Å². The fraction of sp³-hybridized carbons (Fsp3) is 0.500. The van der Waals surface area contributed by atoms with Crippen molar-refractivity contribution >= 4 is 11.9 Å². The molecule has 2 rings (SSSR count). The number of ether oxygens (including phenoxy) is 2. The van der Waals surface area contributed by atoms with E-state index in [1.807, 2.05) is 0 Å². The van der Waals surface area contributed by atoms with Crippen LogP contribution in [0.5, 0.6) is 5.88 Å². The molecule has 1 saturated heterocycles. The largest absolute Gasteiger partial charge is 0.481 e. The molecule has 1 aliphatic rings. The van der Waals surface area contributed by atoms with Crippen LogP contribution in [-0.4, -0.2) is 47.8 Å². The standard InChI is InChI=1S/C14H18N2O5/c1-20-13-10(3-2-6-15-13)12(19)16-14(9-11(17)18)4-7-21-8-5-14/h2-3,6H,4-5,7-9H2,1H3,(H,16,19)(H,17,18). The Balaban J connectivity index is 2.19. The van der Waals surface area contributed by atoms with E-state index >= 15 is 0 Å². The summed E-state index contributed by atoms with van der Waals surface area (Å²) in [6, 6.07) is 3.22. The topological polar surface area (TPSA) is 97.8 Å². The second-order valence-corrected chi connectivity index (χ2v) is 4.98. The van der Waals surface area contributed by atoms with Crippen molar-refractivity contribution in [2.75, 3.05) is 20.3 Å². The summed E-state index contributed by atoms with van der Waals surface area (Å²) < 4.78 is 10.3. The Morgan fingerprint density at radius 2 is 2.19 bits per heavy atom. The molecular weight excluding hydrogens is 276 g/mol. The third-order valence-electron chi connectivity index (χ3n) is 3.53. The predicted octanol–water partition coefficient (Wildman–Crippen LogP) is 0.844. The lowest BCUT2D eigenvalue weighted by atomic mass is 9.86. The van der Waals surface area contributed by atoms with E-state index in [0.717, 1.165) is 0 Å². The van der Waals surface area contributed by atoms with Crippen molar-refractivity contribution in [3.05, 3.63) is 23.9 Å². The summed E-state index contributed by atoms with van der Waals surface area (Å²) in [5.41, 5.74) is -0.501. The van der Waals surface area contributed by atoms with Gasteiger partial charge in [0.05, 0.1) is 19.1 Å². The van der Waals surface area contributed by atoms with Crippen LogP contribution in [0.15, 0.2) is 18.3 Å². The van der Waals surface area contributed by atoms with Gasteiger partial charge in [0.2, 0.25) is 5.88 Å². The van der Waals surface area contributed by atoms with Crippen LogP contribution in [0.3, 0.4) is 0 Å². The van der Waals surface area contributed by atoms with Gasteiger partial charge in [0.15, 0.2) is 0 Å². The summed E-state index contributed by atoms with van der Waals surface area (Å²) in [5, 5.41) is 11.9. The molecule has 21 heavy (non-hydrogen) atoms. The smallest absolute Gasteiger partial charge is 0.305 e. The van der Waals surface area contributed by atoms with Crippen molar-refractivity contribution in [1.29, 1.82) is 0 Å². The van der Waals surface area contributed by atoms with Gasteiger partial charge < -0.3 is 19.9 Å². The van der Waals surface area contributed by atoms with E-state index in [1.165, 1.54) is 13.3 Å². The molecule has 1 fully saturated rings. The molecule has 0 aromatic carbocycles. The van der Waals surface area contributed by atoms with Gasteiger partial charge in [0.25, 0.3) is 5.91 Å². The normalized spacial score (nSPS) is 17.0. The zero-order valence-corrected chi connectivity index (χ0v) is 11.8. The van der Waals surface area contributed by atoms with Gasteiger partial charge in [-0.1, -0.05) is 0 Å². The Morgan fingerprint density at radius 3 is 2.81 bits per heavy atom. The van der Waals surface area contributed by atoms with Crippen LogP contribution in [0.25, 0.3) is 0 Å². The summed E-state index contributed by atoms with van der Waals surface area (Å²) in [4.78, 5) is 27.5. The highest BCUT2D eigenvalue weighted by atomic mass is 16.5. The number of hydrogen-bond acceptors (Lipinski definition) is 5. The number of rotatable bonds is 5. The number of aliphatic carboxylic acids is 1. The molecule has 0 atom stereocenters. The number of hydrogen-bond donors (Lipinski definition) is 2. The number of methoxy groups -OCH3 is 1. The number of nitrogens with zero attached hydrogens (tertiary/aromatic N) is 1. The van der Waals surface area contributed by atoms with Crippen LogP contribution >= 0.6 is 0 Å². The van der Waals surface area contributed by atoms with Gasteiger partial charge in [-0.05, 0) is 25.0 Å². The summed E-state index contributed by atoms with van der Waals surface area (Å²) >= 11 is 0. The first-order valence-electron chi connectivity index (χ1n) is 6.67. The van der Waals surface area contributed by atoms with Crippen LogP contribution in [0, 0.1) is 0 Å². The number of carbonyl (C=O) groups is 2. The lowest BCUT2D eigenvalue weighted by Crippen LogP contribution is -2.53. The maximum absolute atomic E-state index is 12.4. The highest BCUT2D eigenvalue weighted by Gasteiger charge is 2.37. The molecule has 1 amide bonds. The molecule has 0 unspecified atom stereocenters. The molecule has 1 aromatic heterocycles. The number of carboxylic acid groups (broad SMARTS) is 1. The SMILES string of the molecule is COc1ncccc1C(=O)NC1(CC(=O)O)CCOCC1. The van der Waals surface area contributed by atoms with Gasteiger partial charge in [-0.3, -0.25) is 9.59 Å². The number of pyridine rings is 1. The average molecular weight is 294 g/mol. The molecule has 0 bridgehead atoms. The molecule has 7 nitrogen and oxygen atoms in total. The van der Waals surface area contributed by atoms with Crippen LogP contribution in [-0.2, 0) is 9.53 Å². The first-order valence-corrected chi connectivity index (χ1v) is 6.67. The average Bonchev–Trinajstić information content (AvgIpc) is 2.47. The molecule has 2 heterocycles. The van der Waals surface area contributed by atoms with Gasteiger partial charge in [0.1, 0.15) is 5.56 Å². The maximum atomic E-state index is 12.4. The zero-order chi connectivity index (χ0) is 15.3. The number of carbonyl (C=O) groups excluding carboxylic acids is 1. The van der Waals surface area contributed by atoms with Crippen LogP contribution in [0.2, 0.25) is 0 Å². The van der Waals surface area contributed by atoms with Crippen LogP contribution in [0.4, 0.5) is 0 Å². The highest BCUT2D eigenvalue weighted by molar-refractivity contribution is 5.97. The van der Waals surface area contributed by atoms with E-state index in [0.29, 0.717) is 26.1 Å². The second-order valence-electron chi connectivity index (χ2n) is 4.98. The first kappa shape index (κ1) is 15.2. The van der Waals surface area contributed by atoms with E-state index in [4.69, 9.17) is 14.6 Å². The number of nitrogens with one attached hydrogen (secondary N) is 1. The minimum absolute atomic E-state index is 0.134. The van der Waals surface area contributed by atoms with Crippen molar-refractivity contribution < 1.29 is 24.2 Å². The Bertz CT molecular complexity index is 526. The van der Waals surface area contributed by atoms with E-state index < -0.39 is 11.5 Å². The Labute approximate surface area is 122 Å². The molecule has 7 heteroatoms. The summed E-state index contributed by atoms with van der Waals surface area (Å²) in [6.07, 6.45) is 2.32. The van der Waals surface area contributed by atoms with Gasteiger partial charge in [-0.25, -0.2) is 4.98 Å². The second kappa shape index (κ2) is 6.53. The minimum Gasteiger partial charge on any atom is -0.481 e. The Morgan fingerprint density at radius 1 is 1.48 bits per heavy atom. The number of aromatic nitrogens is 1. The van der Waals surface area contributed by atoms with E-state index in [-0.39, 0.29) is 23.8 Å². The Kier molecular flexibility index (Phi) is 4.74. The lowest BCUT2D eigenvalue weighted by molar-refractivity contribution is -0.139. The van der Waals surface area contributed by atoms with Gasteiger partial charge in [0, 0.05) is 19.4 Å². The van der Waals surface area contributed by atoms with Gasteiger partial charge >= 0.3 is 5.97 Å². The van der Waals surface area contributed by atoms with Crippen molar-refractivity contribution in [2.45, 2.75) is 24.8 Å². The monoisotopic (exact) mass is 294 g/mol. The predicted molar refractivity (Wildman–Crippen MR) is 73.3 cm³/mol. The van der Waals surface area contributed by atoms with E-state index in [2.05, 4.69) is 10.3 Å². The summed E-state index contributed by atoms with van der Waals surface area (Å²) in [6.45, 7) is 0.857. The molecular formula is C14H18N2O5. The van der Waals surface area contributed by atoms with Gasteiger partial charge in [-0.2, -0.15) is 0 Å². The van der Waals surface area contributed by atoms with Crippen molar-refractivity contribution in [3.8, 4) is 5.88 Å². The lowest BCUT2D eigenvalue weighted by Gasteiger charge is -2.36. The quantitative estimate of drug-likeness (QED) is 0.835. The van der Waals surface area contributed by atoms with Crippen molar-refractivity contribution in [2.24, 2.45) is 0 Å². The van der Waals surface area contributed by atoms with Gasteiger partial charge in [-0.15, -0.1) is 0 Å². The summed E-state index contributed by atoms with van der Waals surface area (Å²) in [7, 11) is 1.43. The third-order valence-corrected chi connectivity index (χ3v) is 3.53. The zero-order valence-electron chi connectivity index (χ0n) is 11.8. The van der Waals surface area contributed by atoms with Crippen LogP contribution < -0.4 is 10.1 Å². The van der Waals surface area contributed by atoms with E-state index in [9.17, 15) is 9.59 Å². The van der Waals surface area contributed by atoms with Crippen LogP contribution in [0.1, 0.15) is 29.6 Å². The molecule has 114 valence electrons. The highest BCUT2D eigenvalue weighted by Crippen LogP contribution is 2.26. The molecule has 0 radical (unpaired) electrons. The van der Waals surface area contributed by atoms with Crippen molar-refractivity contribution in [3.63, 3.8) is 0 Å². The molecule has 2 N–H and O–H groups in total. The fourth-order valence-electron chi connectivity index (χ4n) is 2.43. The Hall–Kier alpha value is -2.15. The number of amides is 1. The molecule has 0 aliphatic carbocycles. The maximum Gasteiger partial charge on any atom is 0.305 e. The molecule has 1 aliphatic heterocycles. The third kappa shape index (κ3) is 3.69. The van der Waals surface area contributed by atoms with Crippen molar-refractivity contribution in [1.82, 2.24) is 10.3 Å².